The van der Waals surface area contributed by atoms with Crippen LogP contribution in [0.4, 0.5) is 0 Å². The summed E-state index contributed by atoms with van der Waals surface area (Å²) in [5, 5.41) is 5.43. The molecule has 190 valence electrons. The summed E-state index contributed by atoms with van der Waals surface area (Å²) in [5.41, 5.74) is 11.6. The molecule has 2 aliphatic carbocycles. The van der Waals surface area contributed by atoms with Gasteiger partial charge in [-0.2, -0.15) is 0 Å². The Morgan fingerprint density at radius 3 is 1.56 bits per heavy atom. The first-order valence-electron chi connectivity index (χ1n) is 13.2. The average molecular weight is 581 g/mol. The molecule has 0 fully saturated rings. The van der Waals surface area contributed by atoms with Gasteiger partial charge < -0.3 is 24.8 Å². The van der Waals surface area contributed by atoms with E-state index < -0.39 is 0 Å². The molecule has 2 atom stereocenters. The van der Waals surface area contributed by atoms with E-state index in [0.29, 0.717) is 10.5 Å². The van der Waals surface area contributed by atoms with E-state index in [-0.39, 0.29) is 24.8 Å². The van der Waals surface area contributed by atoms with Crippen LogP contribution in [0.1, 0.15) is 46.1 Å². The minimum atomic E-state index is 0. The molecule has 0 bridgehead atoms. The van der Waals surface area contributed by atoms with Crippen LogP contribution in [-0.2, 0) is 17.4 Å². The Labute approximate surface area is 252 Å². The second-order valence-corrected chi connectivity index (χ2v) is 10.8. The van der Waals surface area contributed by atoms with E-state index in [2.05, 4.69) is 146 Å². The molecule has 0 amide bonds. The average Bonchev–Trinajstić information content (AvgIpc) is 3.45. The molecular weight excluding hydrogens is 554 g/mol. The van der Waals surface area contributed by atoms with E-state index in [1.54, 1.807) is 0 Å². The van der Waals surface area contributed by atoms with Crippen molar-refractivity contribution in [3.05, 3.63) is 144 Å². The summed E-state index contributed by atoms with van der Waals surface area (Å²) < 4.78 is 0.452. The molecule has 0 heterocycles. The van der Waals surface area contributed by atoms with E-state index in [1.807, 2.05) is 0 Å². The first-order chi connectivity index (χ1) is 18.3. The van der Waals surface area contributed by atoms with Crippen molar-refractivity contribution < 1.29 is 42.2 Å². The van der Waals surface area contributed by atoms with Gasteiger partial charge in [0.15, 0.2) is 0 Å². The van der Waals surface area contributed by atoms with Crippen molar-refractivity contribution >= 4 is 21.5 Å². The summed E-state index contributed by atoms with van der Waals surface area (Å²) in [6.45, 7) is 2.28. The number of benzene rings is 6. The van der Waals surface area contributed by atoms with E-state index >= 15 is 0 Å². The summed E-state index contributed by atoms with van der Waals surface area (Å²) in [6, 6.07) is 44.1. The number of hydrogen-bond donors (Lipinski definition) is 0. The molecule has 0 saturated heterocycles. The van der Waals surface area contributed by atoms with Crippen LogP contribution in [-0.4, -0.2) is 0 Å². The molecule has 0 saturated carbocycles. The van der Waals surface area contributed by atoms with Gasteiger partial charge in [-0.3, -0.25) is 0 Å². The first-order valence-corrected chi connectivity index (χ1v) is 14.0. The predicted molar refractivity (Wildman–Crippen MR) is 153 cm³/mol. The fourth-order valence-electron chi connectivity index (χ4n) is 6.46. The van der Waals surface area contributed by atoms with Gasteiger partial charge in [-0.25, -0.2) is 0 Å². The summed E-state index contributed by atoms with van der Waals surface area (Å²) in [7, 11) is 0. The molecule has 6 aromatic carbocycles. The Kier molecular flexibility index (Phi) is 7.95. The third-order valence-electron chi connectivity index (χ3n) is 8.13. The summed E-state index contributed by atoms with van der Waals surface area (Å²) >= 11 is 2.81. The second-order valence-electron chi connectivity index (χ2n) is 10.0. The third-order valence-corrected chi connectivity index (χ3v) is 9.00. The second kappa shape index (κ2) is 11.2. The van der Waals surface area contributed by atoms with Crippen molar-refractivity contribution in [1.82, 2.24) is 0 Å². The molecule has 6 aromatic rings. The molecule has 8 rings (SSSR count). The summed E-state index contributed by atoms with van der Waals surface area (Å²) in [6.07, 6.45) is 1.17. The molecule has 0 spiro atoms. The maximum absolute atomic E-state index is 2.81. The van der Waals surface area contributed by atoms with Gasteiger partial charge in [0, 0.05) is 5.92 Å². The topological polar surface area (TPSA) is 0 Å². The molecule has 0 aliphatic heterocycles. The van der Waals surface area contributed by atoms with Gasteiger partial charge in [0.05, 0.1) is 0 Å². The molecule has 0 nitrogen and oxygen atoms in total. The number of hydrogen-bond acceptors (Lipinski definition) is 0. The van der Waals surface area contributed by atoms with Crippen LogP contribution < -0.4 is 24.8 Å². The van der Waals surface area contributed by atoms with Gasteiger partial charge in [0.2, 0.25) is 0 Å². The first kappa shape index (κ1) is 27.6. The normalized spacial score (nSPS) is 15.6. The molecule has 3 heteroatoms. The van der Waals surface area contributed by atoms with Gasteiger partial charge in [-0.05, 0) is 39.4 Å². The number of fused-ring (bicyclic) bond motifs is 10. The molecule has 0 aromatic heterocycles. The predicted octanol–water partition coefficient (Wildman–Crippen LogP) is 3.83. The van der Waals surface area contributed by atoms with E-state index in [0.717, 1.165) is 0 Å². The standard InChI is InChI=1S/C19H16.C17H11.2ClH.V/c1-2-14-16-9-5-6-10-17(16)19-15-8-4-3-7-13(15)11-12-18(14)19;1-3-7-15-12(5-1)9-10-14-11-13-6-2-4-8-16(13)17(14)15;;;/h3-12,14H,2H2,1H3;1-11H;2*1H;/q;;;;+2/p-2. The van der Waals surface area contributed by atoms with Gasteiger partial charge in [-0.15, -0.1) is 0 Å². The Hall–Kier alpha value is -3.00. The number of rotatable bonds is 1. The Bertz CT molecular complexity index is 1810. The van der Waals surface area contributed by atoms with E-state index in [1.165, 1.54) is 72.5 Å². The molecule has 39 heavy (non-hydrogen) atoms. The zero-order valence-electron chi connectivity index (χ0n) is 21.6. The van der Waals surface area contributed by atoms with Crippen LogP contribution in [0.15, 0.2) is 121 Å². The maximum atomic E-state index is 2.81. The monoisotopic (exact) mass is 580 g/mol. The number of halogens is 2. The molecule has 2 unspecified atom stereocenters. The van der Waals surface area contributed by atoms with Crippen molar-refractivity contribution in [2.75, 3.05) is 0 Å². The Morgan fingerprint density at radius 2 is 0.949 bits per heavy atom. The van der Waals surface area contributed by atoms with Gasteiger partial charge >= 0.3 is 116 Å². The van der Waals surface area contributed by atoms with Crippen LogP contribution in [0, 0.1) is 0 Å². The van der Waals surface area contributed by atoms with Crippen molar-refractivity contribution in [2.45, 2.75) is 23.9 Å². The zero-order valence-corrected chi connectivity index (χ0v) is 24.5. The van der Waals surface area contributed by atoms with Crippen molar-refractivity contribution in [3.63, 3.8) is 0 Å². The van der Waals surface area contributed by atoms with Gasteiger partial charge in [-0.1, -0.05) is 67.6 Å². The van der Waals surface area contributed by atoms with Gasteiger partial charge in [0.25, 0.3) is 0 Å². The van der Waals surface area contributed by atoms with Crippen LogP contribution in [0.2, 0.25) is 0 Å². The fourth-order valence-corrected chi connectivity index (χ4v) is 7.15. The van der Waals surface area contributed by atoms with Crippen molar-refractivity contribution in [3.8, 4) is 22.3 Å². The summed E-state index contributed by atoms with van der Waals surface area (Å²) in [4.78, 5) is 0. The molecule has 0 radical (unpaired) electrons. The van der Waals surface area contributed by atoms with Crippen LogP contribution >= 0.6 is 0 Å². The minimum absolute atomic E-state index is 0. The van der Waals surface area contributed by atoms with Crippen LogP contribution in [0.5, 0.6) is 0 Å². The quantitative estimate of drug-likeness (QED) is 0.277. The third kappa shape index (κ3) is 4.41. The van der Waals surface area contributed by atoms with Crippen molar-refractivity contribution in [2.24, 2.45) is 0 Å². The molecular formula is C36H27Cl2V. The van der Waals surface area contributed by atoms with Crippen LogP contribution in [0.3, 0.4) is 0 Å². The Morgan fingerprint density at radius 1 is 0.487 bits per heavy atom. The SMILES string of the molecule is CCC1c2ccccc2-c2c1ccc1ccccc21.[Cl-].[Cl-].[V+2][CH]1c2ccccc2-c2c1ccc1ccccc21. The van der Waals surface area contributed by atoms with E-state index in [4.69, 9.17) is 0 Å². The van der Waals surface area contributed by atoms with E-state index in [9.17, 15) is 0 Å². The zero-order chi connectivity index (χ0) is 24.9. The van der Waals surface area contributed by atoms with Crippen molar-refractivity contribution in [1.29, 1.82) is 0 Å². The fraction of sp³-hybridized carbons (Fsp3) is 0.111. The molecule has 2 aliphatic rings. The van der Waals surface area contributed by atoms with Crippen LogP contribution in [0.25, 0.3) is 43.8 Å². The molecule has 0 N–H and O–H groups in total. The summed E-state index contributed by atoms with van der Waals surface area (Å²) in [5.74, 6) is 0.566. The Balaban J connectivity index is 0.000000150. The van der Waals surface area contributed by atoms with Gasteiger partial charge in [0.1, 0.15) is 0 Å².